The van der Waals surface area contributed by atoms with Gasteiger partial charge in [0.1, 0.15) is 23.7 Å². The number of benzene rings is 2. The van der Waals surface area contributed by atoms with Crippen LogP contribution in [0.1, 0.15) is 18.4 Å². The average molecular weight is 518 g/mol. The van der Waals surface area contributed by atoms with Crippen molar-refractivity contribution in [3.8, 4) is 5.75 Å². The van der Waals surface area contributed by atoms with E-state index in [0.717, 1.165) is 44.5 Å². The van der Waals surface area contributed by atoms with Crippen molar-refractivity contribution >= 4 is 34.0 Å². The summed E-state index contributed by atoms with van der Waals surface area (Å²) in [5, 5.41) is 6.96. The van der Waals surface area contributed by atoms with Gasteiger partial charge in [-0.25, -0.2) is 14.4 Å². The van der Waals surface area contributed by atoms with Crippen molar-refractivity contribution in [2.45, 2.75) is 19.8 Å². The molecular formula is C29H32FN5O3. The van der Waals surface area contributed by atoms with Crippen molar-refractivity contribution in [2.75, 3.05) is 50.1 Å². The summed E-state index contributed by atoms with van der Waals surface area (Å²) in [6.45, 7) is 6.66. The highest BCUT2D eigenvalue weighted by atomic mass is 19.1. The van der Waals surface area contributed by atoms with Gasteiger partial charge in [-0.2, -0.15) is 0 Å². The van der Waals surface area contributed by atoms with E-state index in [9.17, 15) is 9.18 Å². The number of amides is 1. The Bertz CT molecular complexity index is 1360. The Morgan fingerprint density at radius 2 is 2.11 bits per heavy atom. The summed E-state index contributed by atoms with van der Waals surface area (Å²) in [6, 6.07) is 8.46. The van der Waals surface area contributed by atoms with Crippen LogP contribution in [0.2, 0.25) is 0 Å². The molecule has 1 aliphatic carbocycles. The third-order valence-corrected chi connectivity index (χ3v) is 7.60. The van der Waals surface area contributed by atoms with Crippen LogP contribution in [0.15, 0.2) is 48.8 Å². The first-order valence-corrected chi connectivity index (χ1v) is 13.2. The predicted octanol–water partition coefficient (Wildman–Crippen LogP) is 4.68. The second kappa shape index (κ2) is 10.7. The van der Waals surface area contributed by atoms with E-state index < -0.39 is 0 Å². The number of nitrogens with zero attached hydrogens (tertiary/aromatic N) is 3. The van der Waals surface area contributed by atoms with Crippen molar-refractivity contribution in [3.63, 3.8) is 0 Å². The fourth-order valence-electron chi connectivity index (χ4n) is 5.31. The number of hydrogen-bond acceptors (Lipinski definition) is 7. The molecule has 2 aliphatic heterocycles. The maximum absolute atomic E-state index is 13.8. The molecular weight excluding hydrogens is 485 g/mol. The summed E-state index contributed by atoms with van der Waals surface area (Å²) >= 11 is 0. The zero-order valence-electron chi connectivity index (χ0n) is 21.5. The lowest BCUT2D eigenvalue weighted by atomic mass is 10.1. The Labute approximate surface area is 221 Å². The number of fused-ring (bicyclic) bond motifs is 2. The van der Waals surface area contributed by atoms with Gasteiger partial charge >= 0.3 is 0 Å². The molecule has 1 saturated carbocycles. The number of likely N-dealkylation sites (tertiary alicyclic amines) is 1. The Hall–Kier alpha value is -3.56. The largest absolute Gasteiger partial charge is 0.491 e. The number of hydrogen-bond donors (Lipinski definition) is 2. The number of carbonyl (C=O) groups excluding carboxylic acids is 1. The zero-order chi connectivity index (χ0) is 26.1. The number of ether oxygens (including phenoxy) is 2. The van der Waals surface area contributed by atoms with Crippen molar-refractivity contribution in [2.24, 2.45) is 17.8 Å². The summed E-state index contributed by atoms with van der Waals surface area (Å²) in [6.07, 6.45) is 7.29. The third kappa shape index (κ3) is 5.63. The number of nitrogens with one attached hydrogen (secondary N) is 2. The molecule has 3 aromatic rings. The third-order valence-electron chi connectivity index (χ3n) is 7.60. The van der Waals surface area contributed by atoms with Crippen LogP contribution in [0.3, 0.4) is 0 Å². The second-order valence-electron chi connectivity index (χ2n) is 10.6. The Morgan fingerprint density at radius 3 is 2.89 bits per heavy atom. The first-order valence-electron chi connectivity index (χ1n) is 13.2. The predicted molar refractivity (Wildman–Crippen MR) is 144 cm³/mol. The molecule has 0 spiro atoms. The first-order chi connectivity index (χ1) is 18.5. The lowest BCUT2D eigenvalue weighted by Crippen LogP contribution is -2.23. The molecule has 3 aliphatic rings. The quantitative estimate of drug-likeness (QED) is 0.399. The van der Waals surface area contributed by atoms with Crippen LogP contribution >= 0.6 is 0 Å². The van der Waals surface area contributed by atoms with E-state index in [1.807, 2.05) is 18.2 Å². The van der Waals surface area contributed by atoms with Gasteiger partial charge in [-0.1, -0.05) is 6.08 Å². The van der Waals surface area contributed by atoms with Gasteiger partial charge in [0.15, 0.2) is 0 Å². The van der Waals surface area contributed by atoms with Crippen molar-refractivity contribution < 1.29 is 18.7 Å². The van der Waals surface area contributed by atoms with Crippen LogP contribution < -0.4 is 15.4 Å². The monoisotopic (exact) mass is 517 g/mol. The van der Waals surface area contributed by atoms with Gasteiger partial charge in [0.25, 0.3) is 0 Å². The molecule has 0 bridgehead atoms. The Kier molecular flexibility index (Phi) is 6.95. The lowest BCUT2D eigenvalue weighted by Gasteiger charge is -2.17. The molecule has 1 aromatic heterocycles. The van der Waals surface area contributed by atoms with E-state index in [-0.39, 0.29) is 11.7 Å². The zero-order valence-corrected chi connectivity index (χ0v) is 21.5. The minimum atomic E-state index is -0.267. The molecule has 3 unspecified atom stereocenters. The molecule has 9 heteroatoms. The molecule has 198 valence electrons. The van der Waals surface area contributed by atoms with Gasteiger partial charge < -0.3 is 20.1 Å². The maximum atomic E-state index is 13.8. The van der Waals surface area contributed by atoms with Gasteiger partial charge in [-0.3, -0.25) is 9.69 Å². The van der Waals surface area contributed by atoms with Crippen LogP contribution in [0.4, 0.5) is 21.6 Å². The summed E-state index contributed by atoms with van der Waals surface area (Å²) in [5.41, 5.74) is 2.45. The van der Waals surface area contributed by atoms with Crippen molar-refractivity contribution in [1.29, 1.82) is 0 Å². The van der Waals surface area contributed by atoms with E-state index >= 15 is 0 Å². The van der Waals surface area contributed by atoms with Gasteiger partial charge in [0, 0.05) is 55.4 Å². The van der Waals surface area contributed by atoms with Gasteiger partial charge in [0.05, 0.1) is 24.4 Å². The number of halogens is 1. The highest BCUT2D eigenvalue weighted by Crippen LogP contribution is 2.44. The minimum absolute atomic E-state index is 0.219. The highest BCUT2D eigenvalue weighted by molar-refractivity contribution is 6.03. The second-order valence-corrected chi connectivity index (χ2v) is 10.6. The van der Waals surface area contributed by atoms with Crippen LogP contribution in [0.5, 0.6) is 5.75 Å². The van der Waals surface area contributed by atoms with Crippen LogP contribution in [0, 0.1) is 30.5 Å². The summed E-state index contributed by atoms with van der Waals surface area (Å²) in [7, 11) is 0. The maximum Gasteiger partial charge on any atom is 0.248 e. The molecule has 8 nitrogen and oxygen atoms in total. The summed E-state index contributed by atoms with van der Waals surface area (Å²) in [5.74, 6) is 2.65. The smallest absolute Gasteiger partial charge is 0.248 e. The summed E-state index contributed by atoms with van der Waals surface area (Å²) in [4.78, 5) is 24.1. The number of carbonyl (C=O) groups is 1. The fourth-order valence-corrected chi connectivity index (χ4v) is 5.31. The molecule has 3 atom stereocenters. The molecule has 2 N–H and O–H groups in total. The van der Waals surface area contributed by atoms with Crippen LogP contribution in [0.25, 0.3) is 10.9 Å². The van der Waals surface area contributed by atoms with Crippen molar-refractivity contribution in [3.05, 3.63) is 60.2 Å². The molecule has 3 fully saturated rings. The molecule has 2 aromatic carbocycles. The van der Waals surface area contributed by atoms with E-state index in [1.54, 1.807) is 25.1 Å². The Balaban J connectivity index is 1.24. The van der Waals surface area contributed by atoms with E-state index in [2.05, 4.69) is 25.5 Å². The molecule has 38 heavy (non-hydrogen) atoms. The molecule has 6 rings (SSSR count). The van der Waals surface area contributed by atoms with Gasteiger partial charge in [-0.15, -0.1) is 0 Å². The standard InChI is InChI=1S/C29H32FN5O3/c1-18-9-22(4-5-24(18)30)33-29-23-11-26(34-28(36)3-2-7-35-13-20-10-21(20)14-35)27(12-25(23)31-17-32-29)38-16-19-6-8-37-15-19/h2-5,9,11-12,17,19-21H,6-8,10,13-16H2,1H3,(H,34,36)(H,31,32,33)/b3-2+. The van der Waals surface area contributed by atoms with Gasteiger partial charge in [0.2, 0.25) is 5.91 Å². The van der Waals surface area contributed by atoms with E-state index in [4.69, 9.17) is 9.47 Å². The van der Waals surface area contributed by atoms with E-state index in [0.29, 0.717) is 58.5 Å². The van der Waals surface area contributed by atoms with Crippen LogP contribution in [-0.2, 0) is 9.53 Å². The molecule has 1 amide bonds. The average Bonchev–Trinajstić information content (AvgIpc) is 3.26. The topological polar surface area (TPSA) is 88.6 Å². The lowest BCUT2D eigenvalue weighted by molar-refractivity contribution is -0.111. The van der Waals surface area contributed by atoms with Gasteiger partial charge in [-0.05, 0) is 61.4 Å². The molecule has 3 heterocycles. The SMILES string of the molecule is Cc1cc(Nc2ncnc3cc(OCC4CCOC4)c(NC(=O)/C=C/CN4CC5CC5C4)cc23)ccc1F. The number of rotatable bonds is 9. The van der Waals surface area contributed by atoms with Crippen LogP contribution in [-0.4, -0.2) is 60.2 Å². The number of aromatic nitrogens is 2. The van der Waals surface area contributed by atoms with E-state index in [1.165, 1.54) is 18.8 Å². The molecule has 0 radical (unpaired) electrons. The fraction of sp³-hybridized carbons (Fsp3) is 0.414. The highest BCUT2D eigenvalue weighted by Gasteiger charge is 2.44. The normalized spacial score (nSPS) is 22.6. The van der Waals surface area contributed by atoms with Crippen molar-refractivity contribution in [1.82, 2.24) is 14.9 Å². The number of anilines is 3. The minimum Gasteiger partial charge on any atom is -0.491 e. The molecule has 2 saturated heterocycles. The number of piperidine rings is 1. The summed E-state index contributed by atoms with van der Waals surface area (Å²) < 4.78 is 25.4. The Morgan fingerprint density at radius 1 is 1.24 bits per heavy atom. The first kappa shape index (κ1) is 24.8. The number of aryl methyl sites for hydroxylation is 1.